The van der Waals surface area contributed by atoms with Crippen LogP contribution >= 0.6 is 0 Å². The van der Waals surface area contributed by atoms with E-state index in [1.807, 2.05) is 6.07 Å². The molecular weight excluding hydrogens is 320 g/mol. The van der Waals surface area contributed by atoms with Crippen LogP contribution in [0.15, 0.2) is 49.1 Å². The molecule has 1 heterocycles. The van der Waals surface area contributed by atoms with Gasteiger partial charge in [0.05, 0.1) is 17.2 Å². The van der Waals surface area contributed by atoms with Crippen LogP contribution in [0.5, 0.6) is 17.2 Å². The maximum absolute atomic E-state index is 12.9. The molecule has 3 rings (SSSR count). The molecule has 0 saturated carbocycles. The highest BCUT2D eigenvalue weighted by atomic mass is 16.7. The normalized spacial score (nSPS) is 11.6. The van der Waals surface area contributed by atoms with Gasteiger partial charge in [0.2, 0.25) is 6.79 Å². The van der Waals surface area contributed by atoms with Gasteiger partial charge in [-0.2, -0.15) is 5.26 Å². The first-order valence-electron chi connectivity index (χ1n) is 7.64. The summed E-state index contributed by atoms with van der Waals surface area (Å²) in [6.07, 6.45) is 1.61. The number of carbonyl (C=O) groups is 1. The van der Waals surface area contributed by atoms with Crippen LogP contribution in [0.4, 0.5) is 0 Å². The van der Waals surface area contributed by atoms with Crippen LogP contribution in [0.2, 0.25) is 0 Å². The zero-order valence-corrected chi connectivity index (χ0v) is 13.4. The van der Waals surface area contributed by atoms with E-state index in [4.69, 9.17) is 14.7 Å². The molecule has 0 aliphatic carbocycles. The number of nitrogens with zero attached hydrogens (tertiary/aromatic N) is 2. The average molecular weight is 336 g/mol. The molecule has 0 aromatic heterocycles. The first-order valence-corrected chi connectivity index (χ1v) is 7.64. The molecule has 6 nitrogen and oxygen atoms in total. The molecule has 2 aromatic rings. The Labute approximate surface area is 145 Å². The number of ether oxygens (including phenoxy) is 2. The minimum absolute atomic E-state index is 0.0593. The number of phenols is 1. The Bertz CT molecular complexity index is 870. The van der Waals surface area contributed by atoms with Gasteiger partial charge in [0.1, 0.15) is 5.75 Å². The monoisotopic (exact) mass is 336 g/mol. The maximum Gasteiger partial charge on any atom is 0.258 e. The van der Waals surface area contributed by atoms with Gasteiger partial charge >= 0.3 is 0 Å². The van der Waals surface area contributed by atoms with Gasteiger partial charge in [-0.05, 0) is 17.7 Å². The number of benzene rings is 2. The lowest BCUT2D eigenvalue weighted by atomic mass is 10.1. The van der Waals surface area contributed by atoms with E-state index in [9.17, 15) is 9.90 Å². The molecule has 2 aromatic carbocycles. The van der Waals surface area contributed by atoms with Crippen LogP contribution in [0.3, 0.4) is 0 Å². The molecule has 1 aliphatic heterocycles. The van der Waals surface area contributed by atoms with Crippen molar-refractivity contribution in [2.45, 2.75) is 6.54 Å². The summed E-state index contributed by atoms with van der Waals surface area (Å²) in [7, 11) is 0. The summed E-state index contributed by atoms with van der Waals surface area (Å²) in [4.78, 5) is 14.4. The van der Waals surface area contributed by atoms with Crippen molar-refractivity contribution in [1.29, 1.82) is 5.26 Å². The Hall–Kier alpha value is -3.46. The fraction of sp³-hybridized carbons (Fsp3) is 0.158. The Morgan fingerprint density at radius 1 is 1.32 bits per heavy atom. The quantitative estimate of drug-likeness (QED) is 0.849. The lowest BCUT2D eigenvalue weighted by Gasteiger charge is -2.22. The number of hydrogen-bond acceptors (Lipinski definition) is 5. The largest absolute Gasteiger partial charge is 0.507 e. The standard InChI is InChI=1S/C19H16N2O4/c1-2-6-21(11-14-5-3-4-13(7-14)10-20)19(23)15-8-17-18(9-16(15)22)25-12-24-17/h2-5,7-9,22H,1,6,11-12H2. The second kappa shape index (κ2) is 6.97. The van der Waals surface area contributed by atoms with Gasteiger partial charge in [-0.3, -0.25) is 4.79 Å². The number of rotatable bonds is 5. The van der Waals surface area contributed by atoms with E-state index in [1.165, 1.54) is 17.0 Å². The van der Waals surface area contributed by atoms with Crippen molar-refractivity contribution in [3.8, 4) is 23.3 Å². The number of aromatic hydroxyl groups is 1. The number of amides is 1. The molecule has 0 unspecified atom stereocenters. The zero-order chi connectivity index (χ0) is 17.8. The van der Waals surface area contributed by atoms with Crippen LogP contribution < -0.4 is 9.47 Å². The van der Waals surface area contributed by atoms with Crippen LogP contribution in [0.25, 0.3) is 0 Å². The predicted molar refractivity (Wildman–Crippen MR) is 90.3 cm³/mol. The highest BCUT2D eigenvalue weighted by molar-refractivity contribution is 5.97. The van der Waals surface area contributed by atoms with Crippen molar-refractivity contribution in [1.82, 2.24) is 4.90 Å². The summed E-state index contributed by atoms with van der Waals surface area (Å²) in [5, 5.41) is 19.2. The fourth-order valence-corrected chi connectivity index (χ4v) is 2.61. The Morgan fingerprint density at radius 2 is 2.08 bits per heavy atom. The number of phenolic OH excluding ortho intramolecular Hbond substituents is 1. The molecule has 25 heavy (non-hydrogen) atoms. The van der Waals surface area contributed by atoms with Crippen molar-refractivity contribution >= 4 is 5.91 Å². The van der Waals surface area contributed by atoms with E-state index >= 15 is 0 Å². The molecule has 0 radical (unpaired) electrons. The zero-order valence-electron chi connectivity index (χ0n) is 13.4. The minimum atomic E-state index is -0.363. The average Bonchev–Trinajstić information content (AvgIpc) is 3.07. The van der Waals surface area contributed by atoms with E-state index < -0.39 is 0 Å². The summed E-state index contributed by atoms with van der Waals surface area (Å²) in [6.45, 7) is 4.32. The molecule has 0 fully saturated rings. The Balaban J connectivity index is 1.88. The summed E-state index contributed by atoms with van der Waals surface area (Å²) in [5.74, 6) is 0.296. The van der Waals surface area contributed by atoms with Crippen LogP contribution in [-0.2, 0) is 6.54 Å². The first-order chi connectivity index (χ1) is 12.1. The lowest BCUT2D eigenvalue weighted by Crippen LogP contribution is -2.30. The SMILES string of the molecule is C=CCN(Cc1cccc(C#N)c1)C(=O)c1cc2c(cc1O)OCO2. The van der Waals surface area contributed by atoms with Crippen molar-refractivity contribution in [3.05, 3.63) is 65.7 Å². The summed E-state index contributed by atoms with van der Waals surface area (Å²) >= 11 is 0. The summed E-state index contributed by atoms with van der Waals surface area (Å²) in [6, 6.07) is 12.0. The van der Waals surface area contributed by atoms with Gasteiger partial charge in [-0.1, -0.05) is 18.2 Å². The van der Waals surface area contributed by atoms with Gasteiger partial charge in [-0.25, -0.2) is 0 Å². The van der Waals surface area contributed by atoms with Gasteiger partial charge in [0.25, 0.3) is 5.91 Å². The molecule has 1 N–H and O–H groups in total. The Kier molecular flexibility index (Phi) is 4.57. The molecule has 6 heteroatoms. The van der Waals surface area contributed by atoms with Gasteiger partial charge in [0.15, 0.2) is 11.5 Å². The first kappa shape index (κ1) is 16.4. The van der Waals surface area contributed by atoms with E-state index in [0.717, 1.165) is 5.56 Å². The number of fused-ring (bicyclic) bond motifs is 1. The molecule has 1 amide bonds. The predicted octanol–water partition coefficient (Wildman–Crippen LogP) is 2.82. The van der Waals surface area contributed by atoms with Crippen LogP contribution in [0.1, 0.15) is 21.5 Å². The highest BCUT2D eigenvalue weighted by Gasteiger charge is 2.24. The molecule has 0 bridgehead atoms. The van der Waals surface area contributed by atoms with Crippen molar-refractivity contribution in [3.63, 3.8) is 0 Å². The number of carbonyl (C=O) groups excluding carboxylic acids is 1. The molecule has 126 valence electrons. The Morgan fingerprint density at radius 3 is 2.80 bits per heavy atom. The number of nitriles is 1. The van der Waals surface area contributed by atoms with E-state index in [1.54, 1.807) is 24.3 Å². The third-order valence-electron chi connectivity index (χ3n) is 3.79. The molecular formula is C19H16N2O4. The van der Waals surface area contributed by atoms with E-state index in [-0.39, 0.29) is 30.6 Å². The summed E-state index contributed by atoms with van der Waals surface area (Å²) < 4.78 is 10.5. The second-order valence-electron chi connectivity index (χ2n) is 5.51. The molecule has 0 saturated heterocycles. The maximum atomic E-state index is 12.9. The van der Waals surface area contributed by atoms with Gasteiger partial charge in [0, 0.05) is 25.2 Å². The van der Waals surface area contributed by atoms with Gasteiger partial charge < -0.3 is 19.5 Å². The molecule has 0 atom stereocenters. The smallest absolute Gasteiger partial charge is 0.258 e. The van der Waals surface area contributed by atoms with E-state index in [0.29, 0.717) is 23.6 Å². The van der Waals surface area contributed by atoms with Crippen molar-refractivity contribution in [2.75, 3.05) is 13.3 Å². The fourth-order valence-electron chi connectivity index (χ4n) is 2.61. The van der Waals surface area contributed by atoms with Crippen LogP contribution in [0, 0.1) is 11.3 Å². The van der Waals surface area contributed by atoms with Gasteiger partial charge in [-0.15, -0.1) is 6.58 Å². The van der Waals surface area contributed by atoms with E-state index in [2.05, 4.69) is 12.6 Å². The molecule has 0 spiro atoms. The minimum Gasteiger partial charge on any atom is -0.507 e. The highest BCUT2D eigenvalue weighted by Crippen LogP contribution is 2.38. The topological polar surface area (TPSA) is 82.8 Å². The lowest BCUT2D eigenvalue weighted by molar-refractivity contribution is 0.0759. The van der Waals surface area contributed by atoms with Crippen LogP contribution in [-0.4, -0.2) is 29.3 Å². The number of hydrogen-bond donors (Lipinski definition) is 1. The second-order valence-corrected chi connectivity index (χ2v) is 5.51. The van der Waals surface area contributed by atoms with Crippen molar-refractivity contribution in [2.24, 2.45) is 0 Å². The molecule has 1 aliphatic rings. The van der Waals surface area contributed by atoms with Crippen molar-refractivity contribution < 1.29 is 19.4 Å². The summed E-state index contributed by atoms with van der Waals surface area (Å²) in [5.41, 5.74) is 1.46. The third kappa shape index (κ3) is 3.40. The third-order valence-corrected chi connectivity index (χ3v) is 3.79.